The van der Waals surface area contributed by atoms with Crippen molar-refractivity contribution in [1.82, 2.24) is 4.98 Å². The van der Waals surface area contributed by atoms with E-state index in [1.54, 1.807) is 0 Å². The van der Waals surface area contributed by atoms with Gasteiger partial charge in [-0.2, -0.15) is 0 Å². The van der Waals surface area contributed by atoms with Gasteiger partial charge in [0.15, 0.2) is 0 Å². The van der Waals surface area contributed by atoms with Crippen LogP contribution in [-0.2, 0) is 17.6 Å². The summed E-state index contributed by atoms with van der Waals surface area (Å²) < 4.78 is 27.5. The molecule has 1 aromatic heterocycles. The number of Topliss-reactive ketones (excluding diaryl/α,β-unsaturated/α-hetero) is 1. The Balaban J connectivity index is 1.68. The van der Waals surface area contributed by atoms with E-state index >= 15 is 0 Å². The fourth-order valence-electron chi connectivity index (χ4n) is 3.52. The lowest BCUT2D eigenvalue weighted by molar-refractivity contribution is -0.118. The number of carbonyl (C=O) groups excluding carboxylic acids is 1. The van der Waals surface area contributed by atoms with Gasteiger partial charge in [-0.3, -0.25) is 4.79 Å². The number of carbonyl (C=O) groups is 1. The molecule has 2 heterocycles. The van der Waals surface area contributed by atoms with Gasteiger partial charge in [0.1, 0.15) is 23.2 Å². The van der Waals surface area contributed by atoms with Gasteiger partial charge in [-0.15, -0.1) is 0 Å². The molecule has 144 valence electrons. The minimum Gasteiger partial charge on any atom is -0.356 e. The van der Waals surface area contributed by atoms with Gasteiger partial charge in [-0.05, 0) is 55.9 Å². The van der Waals surface area contributed by atoms with E-state index < -0.39 is 11.6 Å². The van der Waals surface area contributed by atoms with Crippen LogP contribution in [0.25, 0.3) is 0 Å². The maximum atomic E-state index is 13.7. The summed E-state index contributed by atoms with van der Waals surface area (Å²) in [5, 5.41) is 0. The lowest BCUT2D eigenvalue weighted by Gasteiger charge is -2.32. The van der Waals surface area contributed by atoms with Gasteiger partial charge in [0.05, 0.1) is 0 Å². The average molecular weight is 372 g/mol. The van der Waals surface area contributed by atoms with E-state index in [2.05, 4.69) is 11.8 Å². The molecule has 0 spiro atoms. The van der Waals surface area contributed by atoms with Gasteiger partial charge in [-0.25, -0.2) is 13.8 Å². The fourth-order valence-corrected chi connectivity index (χ4v) is 3.52. The Morgan fingerprint density at radius 3 is 2.48 bits per heavy atom. The van der Waals surface area contributed by atoms with Crippen molar-refractivity contribution in [2.45, 2.75) is 46.0 Å². The fraction of sp³-hybridized carbons (Fsp3) is 0.455. The van der Waals surface area contributed by atoms with Crippen molar-refractivity contribution in [3.63, 3.8) is 0 Å². The molecule has 0 amide bonds. The van der Waals surface area contributed by atoms with Crippen molar-refractivity contribution in [2.75, 3.05) is 18.0 Å². The molecule has 2 aromatic rings. The molecular weight excluding hydrogens is 346 g/mol. The van der Waals surface area contributed by atoms with Gasteiger partial charge in [0.25, 0.3) is 0 Å². The van der Waals surface area contributed by atoms with Crippen molar-refractivity contribution in [2.24, 2.45) is 5.92 Å². The van der Waals surface area contributed by atoms with Gasteiger partial charge < -0.3 is 4.90 Å². The standard InChI is InChI=1S/C22H26F2N2O/c1-15-10-12-26(13-11-15)22-17(7-6-16(2)25-22)8-9-18(27)14-19-20(23)4-3-5-21(19)24/h3-7,15H,8-14H2,1-2H3. The highest BCUT2D eigenvalue weighted by atomic mass is 19.1. The van der Waals surface area contributed by atoms with E-state index in [4.69, 9.17) is 4.98 Å². The second-order valence-electron chi connectivity index (χ2n) is 7.52. The second kappa shape index (κ2) is 8.59. The van der Waals surface area contributed by atoms with Crippen LogP contribution in [0.15, 0.2) is 30.3 Å². The molecule has 5 heteroatoms. The molecule has 1 aliphatic rings. The Hall–Kier alpha value is -2.30. The lowest BCUT2D eigenvalue weighted by atomic mass is 9.98. The molecule has 0 saturated carbocycles. The van der Waals surface area contributed by atoms with E-state index in [1.807, 2.05) is 19.1 Å². The molecular formula is C22H26F2N2O. The third-order valence-corrected chi connectivity index (χ3v) is 5.29. The van der Waals surface area contributed by atoms with Crippen LogP contribution in [0.1, 0.15) is 43.0 Å². The second-order valence-corrected chi connectivity index (χ2v) is 7.52. The summed E-state index contributed by atoms with van der Waals surface area (Å²) in [6, 6.07) is 7.65. The zero-order valence-corrected chi connectivity index (χ0v) is 16.0. The number of anilines is 1. The summed E-state index contributed by atoms with van der Waals surface area (Å²) in [7, 11) is 0. The summed E-state index contributed by atoms with van der Waals surface area (Å²) in [5.41, 5.74) is 1.83. The number of nitrogens with zero attached hydrogens (tertiary/aromatic N) is 2. The summed E-state index contributed by atoms with van der Waals surface area (Å²) in [6.07, 6.45) is 2.84. The number of pyridine rings is 1. The molecule has 0 aliphatic carbocycles. The zero-order valence-electron chi connectivity index (χ0n) is 16.0. The SMILES string of the molecule is Cc1ccc(CCC(=O)Cc2c(F)cccc2F)c(N2CCC(C)CC2)n1. The minimum absolute atomic E-state index is 0.144. The normalized spacial score (nSPS) is 15.2. The number of ketones is 1. The Morgan fingerprint density at radius 2 is 1.81 bits per heavy atom. The molecule has 0 unspecified atom stereocenters. The van der Waals surface area contributed by atoms with Gasteiger partial charge in [0, 0.05) is 37.2 Å². The number of halogens is 2. The number of aromatic nitrogens is 1. The Labute approximate surface area is 159 Å². The maximum absolute atomic E-state index is 13.7. The number of benzene rings is 1. The van der Waals surface area contributed by atoms with Crippen LogP contribution in [0, 0.1) is 24.5 Å². The van der Waals surface area contributed by atoms with Crippen molar-refractivity contribution in [1.29, 1.82) is 0 Å². The molecule has 1 fully saturated rings. The van der Waals surface area contributed by atoms with E-state index in [9.17, 15) is 13.6 Å². The molecule has 1 saturated heterocycles. The molecule has 0 bridgehead atoms. The first-order chi connectivity index (χ1) is 12.9. The van der Waals surface area contributed by atoms with Crippen LogP contribution >= 0.6 is 0 Å². The van der Waals surface area contributed by atoms with Crippen molar-refractivity contribution < 1.29 is 13.6 Å². The molecule has 0 N–H and O–H groups in total. The first-order valence-corrected chi connectivity index (χ1v) is 9.60. The van der Waals surface area contributed by atoms with Crippen molar-refractivity contribution in [3.8, 4) is 0 Å². The van der Waals surface area contributed by atoms with Crippen LogP contribution < -0.4 is 4.90 Å². The van der Waals surface area contributed by atoms with Crippen LogP contribution in [0.3, 0.4) is 0 Å². The average Bonchev–Trinajstić information content (AvgIpc) is 2.64. The number of piperidine rings is 1. The smallest absolute Gasteiger partial charge is 0.137 e. The molecule has 1 aromatic carbocycles. The highest BCUT2D eigenvalue weighted by molar-refractivity contribution is 5.81. The van der Waals surface area contributed by atoms with Crippen molar-refractivity contribution >= 4 is 11.6 Å². The first kappa shape index (κ1) is 19.5. The molecule has 0 radical (unpaired) electrons. The third kappa shape index (κ3) is 4.90. The topological polar surface area (TPSA) is 33.2 Å². The zero-order chi connectivity index (χ0) is 19.4. The predicted octanol–water partition coefficient (Wildman–Crippen LogP) is 4.65. The van der Waals surface area contributed by atoms with Gasteiger partial charge in [0.2, 0.25) is 0 Å². The lowest BCUT2D eigenvalue weighted by Crippen LogP contribution is -2.34. The van der Waals surface area contributed by atoms with E-state index in [-0.39, 0.29) is 24.2 Å². The minimum atomic E-state index is -0.663. The van der Waals surface area contributed by atoms with Crippen LogP contribution in [0.4, 0.5) is 14.6 Å². The number of aryl methyl sites for hydroxylation is 2. The monoisotopic (exact) mass is 372 g/mol. The number of hydrogen-bond donors (Lipinski definition) is 0. The number of rotatable bonds is 6. The van der Waals surface area contributed by atoms with Gasteiger partial charge >= 0.3 is 0 Å². The Kier molecular flexibility index (Phi) is 6.19. The highest BCUT2D eigenvalue weighted by Gasteiger charge is 2.20. The highest BCUT2D eigenvalue weighted by Crippen LogP contribution is 2.26. The molecule has 1 aliphatic heterocycles. The molecule has 3 rings (SSSR count). The largest absolute Gasteiger partial charge is 0.356 e. The van der Waals surface area contributed by atoms with E-state index in [0.29, 0.717) is 6.42 Å². The van der Waals surface area contributed by atoms with Crippen LogP contribution in [-0.4, -0.2) is 23.9 Å². The summed E-state index contributed by atoms with van der Waals surface area (Å²) in [5.74, 6) is 0.184. The van der Waals surface area contributed by atoms with Gasteiger partial charge in [-0.1, -0.05) is 19.1 Å². The summed E-state index contributed by atoms with van der Waals surface area (Å²) >= 11 is 0. The Morgan fingerprint density at radius 1 is 1.15 bits per heavy atom. The maximum Gasteiger partial charge on any atom is 0.137 e. The van der Waals surface area contributed by atoms with E-state index in [0.717, 1.165) is 48.9 Å². The molecule has 0 atom stereocenters. The molecule has 27 heavy (non-hydrogen) atoms. The van der Waals surface area contributed by atoms with Crippen LogP contribution in [0.2, 0.25) is 0 Å². The quantitative estimate of drug-likeness (QED) is 0.740. The predicted molar refractivity (Wildman–Crippen MR) is 103 cm³/mol. The summed E-state index contributed by atoms with van der Waals surface area (Å²) in [4.78, 5) is 19.3. The summed E-state index contributed by atoms with van der Waals surface area (Å²) in [6.45, 7) is 6.17. The van der Waals surface area contributed by atoms with Crippen molar-refractivity contribution in [3.05, 3.63) is 58.8 Å². The van der Waals surface area contributed by atoms with Crippen LogP contribution in [0.5, 0.6) is 0 Å². The Bertz CT molecular complexity index is 794. The van der Waals surface area contributed by atoms with E-state index in [1.165, 1.54) is 18.2 Å². The molecule has 3 nitrogen and oxygen atoms in total. The number of hydrogen-bond acceptors (Lipinski definition) is 3. The third-order valence-electron chi connectivity index (χ3n) is 5.29. The first-order valence-electron chi connectivity index (χ1n) is 9.60.